The molecule has 7 fully saturated rings. The van der Waals surface area contributed by atoms with Gasteiger partial charge in [-0.2, -0.15) is 73.1 Å². The Morgan fingerprint density at radius 3 is 1.19 bits per heavy atom. The predicted octanol–water partition coefficient (Wildman–Crippen LogP) is 9.45. The van der Waals surface area contributed by atoms with Crippen molar-refractivity contribution in [2.24, 2.45) is 0 Å². The fourth-order valence-electron chi connectivity index (χ4n) is 15.9. The maximum atomic E-state index is 13.6. The molecular weight excluding hydrogens is 1700 g/mol. The van der Waals surface area contributed by atoms with Crippen LogP contribution in [-0.2, 0) is 65.8 Å². The van der Waals surface area contributed by atoms with Gasteiger partial charge in [0.1, 0.15) is 73.5 Å². The average Bonchev–Trinajstić information content (AvgIpc) is 1.67. The second-order valence-electron chi connectivity index (χ2n) is 32.8. The van der Waals surface area contributed by atoms with Crippen molar-refractivity contribution in [3.63, 3.8) is 0 Å². The van der Waals surface area contributed by atoms with Crippen molar-refractivity contribution in [2.75, 3.05) is 52.9 Å². The summed E-state index contributed by atoms with van der Waals surface area (Å²) in [5, 5.41) is 71.6. The molecule has 12 aromatic heterocycles. The zero-order chi connectivity index (χ0) is 90.3. The van der Waals surface area contributed by atoms with Crippen LogP contribution in [0.25, 0.3) is 22.6 Å². The highest BCUT2D eigenvalue weighted by Crippen LogP contribution is 2.46. The lowest BCUT2D eigenvalue weighted by atomic mass is 9.74. The SMILES string of the molecule is Cc1cnc2c(C(=O)NC3(c4ccc(C(F)(F)F)cn4)CCOCC3(C)O)cnn2c1.Cc1nn2cc(C3CC3)cnc2c1C(=O)NC1(c2ccc(C(F)(F)F)cn2)CCOCC1(C)O.O=C(NC1(c2ccc(C(F)(F)F)cn2)COCC1O)c1cnn2cc(C3CC3)cnc12.O=C(NC1(c2ccc(C(F)(F)F)nc2)COCC1O)c1cnn2cc(C3CC3)cnc12. The molecule has 12 aromatic rings. The molecule has 19 rings (SSSR count). The number of pyridine rings is 4. The maximum absolute atomic E-state index is 13.6. The van der Waals surface area contributed by atoms with Gasteiger partial charge in [-0.3, -0.25) is 39.1 Å². The Kier molecular flexibility index (Phi) is 23.1. The van der Waals surface area contributed by atoms with Crippen molar-refractivity contribution in [3.8, 4) is 0 Å². The lowest BCUT2D eigenvalue weighted by molar-refractivity contribution is -0.141. The first kappa shape index (κ1) is 88.2. The van der Waals surface area contributed by atoms with Crippen LogP contribution in [0.15, 0.2) is 141 Å². The molecule has 8 atom stereocenters. The normalized spacial score (nSPS) is 24.4. The fraction of sp³-hybridized carbons (Fsp3) is 0.422. The molecule has 44 heteroatoms. The number of carbonyl (C=O) groups excluding carboxylic acids is 4. The lowest BCUT2D eigenvalue weighted by Gasteiger charge is -2.48. The third-order valence-electron chi connectivity index (χ3n) is 23.7. The Morgan fingerprint density at radius 2 is 0.803 bits per heavy atom. The number of hydrogen-bond donors (Lipinski definition) is 8. The van der Waals surface area contributed by atoms with E-state index in [1.54, 1.807) is 42.4 Å². The number of carbonyl (C=O) groups is 4. The van der Waals surface area contributed by atoms with E-state index >= 15 is 0 Å². The maximum Gasteiger partial charge on any atom is 0.433 e. The molecule has 4 aliphatic heterocycles. The van der Waals surface area contributed by atoms with E-state index in [4.69, 9.17) is 18.9 Å². The topological polar surface area (TPSA) is 407 Å². The van der Waals surface area contributed by atoms with Crippen LogP contribution in [0.5, 0.6) is 0 Å². The summed E-state index contributed by atoms with van der Waals surface area (Å²) < 4.78 is 183. The van der Waals surface area contributed by atoms with Gasteiger partial charge in [-0.15, -0.1) is 0 Å². The Hall–Kier alpha value is -12.2. The molecule has 8 N–H and O–H groups in total. The molecule has 4 amide bonds. The van der Waals surface area contributed by atoms with Crippen LogP contribution in [0.4, 0.5) is 52.7 Å². The Bertz CT molecular complexity index is 5960. The number of aliphatic hydroxyl groups is 4. The number of alkyl halides is 12. The van der Waals surface area contributed by atoms with Crippen LogP contribution >= 0.6 is 0 Å². The first-order valence-corrected chi connectivity index (χ1v) is 40.0. The van der Waals surface area contributed by atoms with Gasteiger partial charge in [-0.25, -0.2) is 38.0 Å². The number of nitrogens with zero attached hydrogens (tertiary/aromatic N) is 16. The minimum atomic E-state index is -4.60. The van der Waals surface area contributed by atoms with Gasteiger partial charge in [0.25, 0.3) is 23.6 Å². The monoisotopic (exact) mass is 1780 g/mol. The van der Waals surface area contributed by atoms with Gasteiger partial charge in [-0.05, 0) is 149 Å². The number of rotatable bonds is 15. The van der Waals surface area contributed by atoms with E-state index in [1.165, 1.54) is 64.2 Å². The van der Waals surface area contributed by atoms with E-state index in [1.807, 2.05) is 25.5 Å². The molecule has 668 valence electrons. The first-order valence-electron chi connectivity index (χ1n) is 40.0. The molecule has 0 spiro atoms. The van der Waals surface area contributed by atoms with Gasteiger partial charge in [0.05, 0.1) is 97.7 Å². The molecule has 32 nitrogen and oxygen atoms in total. The number of aliphatic hydroxyl groups excluding tert-OH is 2. The fourth-order valence-corrected chi connectivity index (χ4v) is 15.9. The van der Waals surface area contributed by atoms with E-state index in [9.17, 15) is 92.3 Å². The highest BCUT2D eigenvalue weighted by atomic mass is 19.4. The van der Waals surface area contributed by atoms with Crippen molar-refractivity contribution < 1.29 is 111 Å². The highest BCUT2D eigenvalue weighted by molar-refractivity contribution is 6.03. The van der Waals surface area contributed by atoms with Crippen molar-refractivity contribution in [3.05, 3.63) is 237 Å². The average molecular weight is 1780 g/mol. The van der Waals surface area contributed by atoms with Crippen LogP contribution in [0.2, 0.25) is 0 Å². The Labute approximate surface area is 710 Å². The summed E-state index contributed by atoms with van der Waals surface area (Å²) in [6.45, 7) is 6.07. The molecule has 7 aliphatic rings. The second kappa shape index (κ2) is 33.2. The molecule has 0 aromatic carbocycles. The summed E-state index contributed by atoms with van der Waals surface area (Å²) in [4.78, 5) is 85.6. The van der Waals surface area contributed by atoms with Gasteiger partial charge >= 0.3 is 24.7 Å². The second-order valence-corrected chi connectivity index (χ2v) is 32.8. The zero-order valence-corrected chi connectivity index (χ0v) is 67.7. The van der Waals surface area contributed by atoms with Crippen molar-refractivity contribution in [1.82, 2.24) is 99.6 Å². The van der Waals surface area contributed by atoms with E-state index in [0.29, 0.717) is 64.6 Å². The number of ether oxygens (including phenoxy) is 4. The predicted molar refractivity (Wildman–Crippen MR) is 417 cm³/mol. The summed E-state index contributed by atoms with van der Waals surface area (Å²) >= 11 is 0. The Balaban J connectivity index is 0.000000125. The third kappa shape index (κ3) is 17.4. The summed E-state index contributed by atoms with van der Waals surface area (Å²) in [5.74, 6) is -0.903. The summed E-state index contributed by atoms with van der Waals surface area (Å²) in [6.07, 6.45) is 7.33. The van der Waals surface area contributed by atoms with Crippen LogP contribution in [0, 0.1) is 13.8 Å². The lowest BCUT2D eigenvalue weighted by Crippen LogP contribution is -2.65. The van der Waals surface area contributed by atoms with E-state index in [0.717, 1.165) is 97.3 Å². The molecule has 16 heterocycles. The van der Waals surface area contributed by atoms with Gasteiger partial charge in [0.2, 0.25) is 0 Å². The highest BCUT2D eigenvalue weighted by Gasteiger charge is 2.57. The number of halogens is 12. The number of aromatic nitrogens is 16. The van der Waals surface area contributed by atoms with Crippen LogP contribution in [0.1, 0.15) is 197 Å². The molecule has 3 aliphatic carbocycles. The molecular formula is C83H80F12N20O12. The first-order chi connectivity index (χ1) is 60.1. The molecule has 3 saturated carbocycles. The summed E-state index contributed by atoms with van der Waals surface area (Å²) in [7, 11) is 0. The van der Waals surface area contributed by atoms with Gasteiger partial charge in [0, 0.05) is 106 Å². The van der Waals surface area contributed by atoms with Crippen LogP contribution in [-0.4, -0.2) is 199 Å². The molecule has 8 unspecified atom stereocenters. The minimum absolute atomic E-state index is 0.0688. The smallest absolute Gasteiger partial charge is 0.388 e. The molecule has 0 radical (unpaired) electrons. The molecule has 4 saturated heterocycles. The summed E-state index contributed by atoms with van der Waals surface area (Å²) in [6, 6.07) is 8.11. The van der Waals surface area contributed by atoms with Gasteiger partial charge in [0.15, 0.2) is 22.6 Å². The largest absolute Gasteiger partial charge is 0.433 e. The van der Waals surface area contributed by atoms with Crippen molar-refractivity contribution in [2.45, 2.75) is 167 Å². The van der Waals surface area contributed by atoms with Crippen LogP contribution in [0.3, 0.4) is 0 Å². The zero-order valence-electron chi connectivity index (χ0n) is 67.7. The van der Waals surface area contributed by atoms with Crippen LogP contribution < -0.4 is 21.3 Å². The van der Waals surface area contributed by atoms with E-state index in [2.05, 4.69) is 81.5 Å². The number of fused-ring (bicyclic) bond motifs is 4. The van der Waals surface area contributed by atoms with Gasteiger partial charge < -0.3 is 60.6 Å². The van der Waals surface area contributed by atoms with E-state index in [-0.39, 0.29) is 111 Å². The number of hydrogen-bond acceptors (Lipinski definition) is 24. The molecule has 0 bridgehead atoms. The van der Waals surface area contributed by atoms with Gasteiger partial charge in [-0.1, -0.05) is 6.07 Å². The third-order valence-corrected chi connectivity index (χ3v) is 23.7. The quantitative estimate of drug-likeness (QED) is 0.0443. The summed E-state index contributed by atoms with van der Waals surface area (Å²) in [5.41, 5.74) is -5.99. The van der Waals surface area contributed by atoms with E-state index < -0.39 is 116 Å². The van der Waals surface area contributed by atoms with Crippen molar-refractivity contribution in [1.29, 1.82) is 0 Å². The Morgan fingerprint density at radius 1 is 0.409 bits per heavy atom. The standard InChI is InChI=1S/C23H24F3N5O3.2C20H18F3N5O3.C20H20F3N5O3/c1-13-18(19-28-9-15(14-3-4-14)11-31(19)30-13)20(32)29-22(7-8-34-12-21(22,2)33)17-6-5-16(10-27-17)23(24,25)26;21-20(22,23)13-3-4-15(24-6-13)19(10-31-9-16(19)29)27-18(30)14-7-26-28-8-12(11-1-2-11)5-25-17(14)28;21-20(22,23)15-4-3-13(6-24-15)19(10-31-9-16(19)29)27-18(30)14-7-26-28-8-12(11-1-2-11)5-25-17(14)28;1-12-7-25-16-14(9-26-28(16)10-12)17(29)27-19(5-6-31-11-18(19,2)30)15-4-3-13(8-24-15)20(21,22)23/h5-6,9-11,14,33H,3-4,7-8,12H2,1-2H3,(H,29,32);2*3-8,11,16,29H,1-2,9-10H2,(H,27,30);3-4,7-10,30H,5-6,11H2,1-2H3,(H,27,29). The molecule has 127 heavy (non-hydrogen) atoms. The van der Waals surface area contributed by atoms with Crippen molar-refractivity contribution >= 4 is 46.2 Å². The minimum Gasteiger partial charge on any atom is -0.388 e. The number of aryl methyl sites for hydroxylation is 2. The number of amides is 4. The number of nitrogens with one attached hydrogen (secondary N) is 4.